The van der Waals surface area contributed by atoms with Gasteiger partial charge in [0.05, 0.1) is 6.04 Å². The van der Waals surface area contributed by atoms with Crippen molar-refractivity contribution in [2.75, 3.05) is 5.32 Å². The van der Waals surface area contributed by atoms with E-state index >= 15 is 0 Å². The fourth-order valence-electron chi connectivity index (χ4n) is 2.17. The Morgan fingerprint density at radius 3 is 2.25 bits per heavy atom. The first kappa shape index (κ1) is 15.5. The van der Waals surface area contributed by atoms with Gasteiger partial charge in [0, 0.05) is 5.69 Å². The van der Waals surface area contributed by atoms with Gasteiger partial charge >= 0.3 is 0 Å². The van der Waals surface area contributed by atoms with Crippen LogP contribution in [0, 0.1) is 0 Å². The largest absolute Gasteiger partial charge is 0.451 e. The zero-order valence-electron chi connectivity index (χ0n) is 12.7. The summed E-state index contributed by atoms with van der Waals surface area (Å²) in [5, 5.41) is 5.56. The average Bonchev–Trinajstić information content (AvgIpc) is 3.28. The van der Waals surface area contributed by atoms with Crippen LogP contribution in [0.2, 0.25) is 0 Å². The van der Waals surface area contributed by atoms with Gasteiger partial charge < -0.3 is 19.5 Å². The number of nitrogens with one attached hydrogen (secondary N) is 2. The van der Waals surface area contributed by atoms with E-state index in [4.69, 9.17) is 8.83 Å². The summed E-state index contributed by atoms with van der Waals surface area (Å²) in [5.41, 5.74) is 1.67. The monoisotopic (exact) mass is 326 g/mol. The van der Waals surface area contributed by atoms with E-state index in [1.54, 1.807) is 19.1 Å². The second-order valence-electron chi connectivity index (χ2n) is 4.98. The minimum atomic E-state index is -0.397. The molecular weight excluding hydrogens is 312 g/mol. The maximum Gasteiger partial charge on any atom is 0.277 e. The van der Waals surface area contributed by atoms with Gasteiger partial charge in [-0.15, -0.1) is 0 Å². The highest BCUT2D eigenvalue weighted by Crippen LogP contribution is 2.23. The second-order valence-corrected chi connectivity index (χ2v) is 4.98. The number of anilines is 1. The molecule has 0 aliphatic heterocycles. The van der Waals surface area contributed by atoms with Crippen molar-refractivity contribution >= 4 is 17.5 Å². The van der Waals surface area contributed by atoms with Crippen LogP contribution >= 0.6 is 0 Å². The fourth-order valence-corrected chi connectivity index (χ4v) is 2.17. The highest BCUT2D eigenvalue weighted by Gasteiger charge is 2.18. The van der Waals surface area contributed by atoms with Crippen LogP contribution in [0.3, 0.4) is 0 Å². The number of oxazole rings is 2. The summed E-state index contributed by atoms with van der Waals surface area (Å²) in [6.07, 6.45) is 4.89. The van der Waals surface area contributed by atoms with E-state index in [1.807, 2.05) is 12.1 Å². The molecule has 0 saturated carbocycles. The average molecular weight is 326 g/mol. The smallest absolute Gasteiger partial charge is 0.277 e. The van der Waals surface area contributed by atoms with Crippen LogP contribution in [0.1, 0.15) is 39.5 Å². The summed E-state index contributed by atoms with van der Waals surface area (Å²) >= 11 is 0. The van der Waals surface area contributed by atoms with Gasteiger partial charge in [0.2, 0.25) is 0 Å². The molecule has 8 heteroatoms. The van der Waals surface area contributed by atoms with Crippen LogP contribution in [0.5, 0.6) is 0 Å². The van der Waals surface area contributed by atoms with Gasteiger partial charge in [-0.3, -0.25) is 9.59 Å². The van der Waals surface area contributed by atoms with E-state index < -0.39 is 5.91 Å². The van der Waals surface area contributed by atoms with Crippen molar-refractivity contribution in [3.05, 3.63) is 66.5 Å². The predicted octanol–water partition coefficient (Wildman–Crippen LogP) is 2.41. The second kappa shape index (κ2) is 6.78. The lowest BCUT2D eigenvalue weighted by molar-refractivity contribution is 0.0934. The van der Waals surface area contributed by atoms with E-state index in [0.717, 1.165) is 5.56 Å². The number of hydrogen-bond donors (Lipinski definition) is 2. The minimum Gasteiger partial charge on any atom is -0.451 e. The number of carbonyl (C=O) groups excluding carboxylic acids is 2. The van der Waals surface area contributed by atoms with Gasteiger partial charge in [-0.1, -0.05) is 18.2 Å². The number of nitrogens with zero attached hydrogens (tertiary/aromatic N) is 2. The Morgan fingerprint density at radius 1 is 1.00 bits per heavy atom. The van der Waals surface area contributed by atoms with E-state index in [-0.39, 0.29) is 23.3 Å². The van der Waals surface area contributed by atoms with Crippen LogP contribution in [-0.4, -0.2) is 21.8 Å². The van der Waals surface area contributed by atoms with Gasteiger partial charge in [-0.25, -0.2) is 9.97 Å². The Kier molecular flexibility index (Phi) is 4.37. The Hall–Kier alpha value is -3.42. The minimum absolute atomic E-state index is 0.170. The molecule has 2 N–H and O–H groups in total. The molecular formula is C16H14N4O4. The third kappa shape index (κ3) is 3.32. The Bertz CT molecular complexity index is 828. The maximum absolute atomic E-state index is 12.1. The van der Waals surface area contributed by atoms with Crippen LogP contribution in [0.15, 0.2) is 58.4 Å². The van der Waals surface area contributed by atoms with Gasteiger partial charge in [0.1, 0.15) is 12.5 Å². The van der Waals surface area contributed by atoms with E-state index in [9.17, 15) is 9.59 Å². The Balaban J connectivity index is 1.76. The number of carbonyl (C=O) groups is 2. The summed E-state index contributed by atoms with van der Waals surface area (Å²) in [4.78, 5) is 31.8. The molecule has 1 unspecified atom stereocenters. The summed E-state index contributed by atoms with van der Waals surface area (Å²) in [6.45, 7) is 1.80. The Morgan fingerprint density at radius 2 is 1.62 bits per heavy atom. The quantitative estimate of drug-likeness (QED) is 0.745. The molecule has 24 heavy (non-hydrogen) atoms. The first-order valence-corrected chi connectivity index (χ1v) is 7.12. The van der Waals surface area contributed by atoms with E-state index in [2.05, 4.69) is 20.6 Å². The zero-order chi connectivity index (χ0) is 16.9. The van der Waals surface area contributed by atoms with Crippen molar-refractivity contribution in [2.24, 2.45) is 0 Å². The van der Waals surface area contributed by atoms with Crippen molar-refractivity contribution in [3.63, 3.8) is 0 Å². The van der Waals surface area contributed by atoms with Gasteiger partial charge in [-0.2, -0.15) is 0 Å². The van der Waals surface area contributed by atoms with Crippen LogP contribution in [-0.2, 0) is 0 Å². The number of benzene rings is 1. The molecule has 0 aliphatic rings. The van der Waals surface area contributed by atoms with E-state index in [1.165, 1.54) is 25.3 Å². The van der Waals surface area contributed by atoms with Crippen LogP contribution in [0.25, 0.3) is 0 Å². The van der Waals surface area contributed by atoms with Crippen LogP contribution in [0.4, 0.5) is 5.69 Å². The molecule has 0 spiro atoms. The summed E-state index contributed by atoms with van der Waals surface area (Å²) in [7, 11) is 0. The molecule has 2 aromatic heterocycles. The van der Waals surface area contributed by atoms with Crippen LogP contribution < -0.4 is 10.6 Å². The third-order valence-electron chi connectivity index (χ3n) is 3.35. The molecule has 0 bridgehead atoms. The van der Waals surface area contributed by atoms with Crippen molar-refractivity contribution in [1.29, 1.82) is 0 Å². The standard InChI is InChI=1S/C16H14N4O4/c1-10(19-15(21)13-6-23-8-17-13)11-4-2-3-5-12(11)20-16(22)14-7-24-9-18-14/h2-10H,1H3,(H,19,21)(H,20,22). The fraction of sp³-hybridized carbons (Fsp3) is 0.125. The highest BCUT2D eigenvalue weighted by atomic mass is 16.3. The molecule has 0 radical (unpaired) electrons. The summed E-state index contributed by atoms with van der Waals surface area (Å²) in [5.74, 6) is -0.764. The van der Waals surface area contributed by atoms with Crippen molar-refractivity contribution in [3.8, 4) is 0 Å². The third-order valence-corrected chi connectivity index (χ3v) is 3.35. The number of aromatic nitrogens is 2. The van der Waals surface area contributed by atoms with Crippen molar-refractivity contribution < 1.29 is 18.4 Å². The molecule has 0 fully saturated rings. The topological polar surface area (TPSA) is 110 Å². The first-order chi connectivity index (χ1) is 11.6. The van der Waals surface area contributed by atoms with Gasteiger partial charge in [-0.05, 0) is 18.6 Å². The molecule has 2 heterocycles. The van der Waals surface area contributed by atoms with Gasteiger partial charge in [0.25, 0.3) is 11.8 Å². The molecule has 1 atom stereocenters. The van der Waals surface area contributed by atoms with Crippen molar-refractivity contribution in [2.45, 2.75) is 13.0 Å². The zero-order valence-corrected chi connectivity index (χ0v) is 12.7. The SMILES string of the molecule is CC(NC(=O)c1cocn1)c1ccccc1NC(=O)c1cocn1. The normalized spacial score (nSPS) is 11.7. The summed E-state index contributed by atoms with van der Waals surface area (Å²) < 4.78 is 9.60. The van der Waals surface area contributed by atoms with Crippen molar-refractivity contribution in [1.82, 2.24) is 15.3 Å². The number of amides is 2. The predicted molar refractivity (Wildman–Crippen MR) is 83.3 cm³/mol. The lowest BCUT2D eigenvalue weighted by atomic mass is 10.1. The molecule has 8 nitrogen and oxygen atoms in total. The number of hydrogen-bond acceptors (Lipinski definition) is 6. The molecule has 3 rings (SSSR count). The Labute approximate surface area is 136 Å². The lowest BCUT2D eigenvalue weighted by Gasteiger charge is -2.17. The molecule has 0 aliphatic carbocycles. The number of rotatable bonds is 5. The molecule has 3 aromatic rings. The molecule has 2 amide bonds. The van der Waals surface area contributed by atoms with Gasteiger partial charge in [0.15, 0.2) is 24.2 Å². The highest BCUT2D eigenvalue weighted by molar-refractivity contribution is 6.03. The first-order valence-electron chi connectivity index (χ1n) is 7.12. The molecule has 1 aromatic carbocycles. The van der Waals surface area contributed by atoms with E-state index in [0.29, 0.717) is 5.69 Å². The molecule has 122 valence electrons. The molecule has 0 saturated heterocycles. The summed E-state index contributed by atoms with van der Waals surface area (Å²) in [6, 6.07) is 6.80. The lowest BCUT2D eigenvalue weighted by Crippen LogP contribution is -2.27. The maximum atomic E-state index is 12.1. The number of para-hydroxylation sites is 1.